The van der Waals surface area contributed by atoms with Gasteiger partial charge in [0.25, 0.3) is 5.91 Å². The molecular weight excluding hydrogens is 552 g/mol. The van der Waals surface area contributed by atoms with Gasteiger partial charge in [0, 0.05) is 26.4 Å². The van der Waals surface area contributed by atoms with Gasteiger partial charge < -0.3 is 20.1 Å². The summed E-state index contributed by atoms with van der Waals surface area (Å²) in [6.45, 7) is 1.59. The first-order valence-electron chi connectivity index (χ1n) is 10.5. The maximum Gasteiger partial charge on any atom is 0.329 e. The summed E-state index contributed by atoms with van der Waals surface area (Å²) in [5.41, 5.74) is 4.49. The SMILES string of the molecule is COc1ccc(NC(=O)C(=O)N/N=C\c2cc(Br)ccc2OCC(=O)Nc2ccc(C)c(Cl)c2)cc1. The number of benzene rings is 3. The number of rotatable bonds is 8. The monoisotopic (exact) mass is 572 g/mol. The third-order valence-corrected chi connectivity index (χ3v) is 5.61. The van der Waals surface area contributed by atoms with Gasteiger partial charge >= 0.3 is 11.8 Å². The number of halogens is 2. The first kappa shape index (κ1) is 26.7. The van der Waals surface area contributed by atoms with E-state index in [9.17, 15) is 14.4 Å². The number of hydrazone groups is 1. The number of amides is 3. The van der Waals surface area contributed by atoms with Gasteiger partial charge in [0.1, 0.15) is 11.5 Å². The van der Waals surface area contributed by atoms with Gasteiger partial charge in [-0.2, -0.15) is 5.10 Å². The van der Waals surface area contributed by atoms with Crippen LogP contribution in [0.5, 0.6) is 11.5 Å². The molecule has 3 N–H and O–H groups in total. The summed E-state index contributed by atoms with van der Waals surface area (Å²) >= 11 is 9.44. The van der Waals surface area contributed by atoms with Crippen molar-refractivity contribution in [1.82, 2.24) is 5.43 Å². The average Bonchev–Trinajstić information content (AvgIpc) is 2.86. The topological polar surface area (TPSA) is 118 Å². The third-order valence-electron chi connectivity index (χ3n) is 4.71. The van der Waals surface area contributed by atoms with Gasteiger partial charge in [-0.3, -0.25) is 14.4 Å². The highest BCUT2D eigenvalue weighted by Gasteiger charge is 2.13. The lowest BCUT2D eigenvalue weighted by Gasteiger charge is -2.11. The van der Waals surface area contributed by atoms with Crippen LogP contribution in [0.25, 0.3) is 0 Å². The van der Waals surface area contributed by atoms with Crippen LogP contribution in [0.1, 0.15) is 11.1 Å². The van der Waals surface area contributed by atoms with E-state index in [4.69, 9.17) is 21.1 Å². The van der Waals surface area contributed by atoms with Crippen LogP contribution in [0.15, 0.2) is 70.2 Å². The lowest BCUT2D eigenvalue weighted by molar-refractivity contribution is -0.136. The van der Waals surface area contributed by atoms with E-state index >= 15 is 0 Å². The maximum absolute atomic E-state index is 12.3. The highest BCUT2D eigenvalue weighted by Crippen LogP contribution is 2.23. The zero-order valence-corrected chi connectivity index (χ0v) is 21.6. The molecule has 0 spiro atoms. The molecule has 3 amide bonds. The third kappa shape index (κ3) is 7.82. The second kappa shape index (κ2) is 12.7. The predicted molar refractivity (Wildman–Crippen MR) is 142 cm³/mol. The number of ether oxygens (including phenoxy) is 2. The molecule has 3 aromatic carbocycles. The molecule has 0 aliphatic carbocycles. The Bertz CT molecular complexity index is 1300. The number of anilines is 2. The van der Waals surface area contributed by atoms with Crippen molar-refractivity contribution in [2.45, 2.75) is 6.92 Å². The zero-order chi connectivity index (χ0) is 26.1. The van der Waals surface area contributed by atoms with Crippen molar-refractivity contribution in [1.29, 1.82) is 0 Å². The van der Waals surface area contributed by atoms with Gasteiger partial charge in [0.15, 0.2) is 6.61 Å². The number of hydrogen-bond donors (Lipinski definition) is 3. The highest BCUT2D eigenvalue weighted by molar-refractivity contribution is 9.10. The second-order valence-corrected chi connectivity index (χ2v) is 8.69. The Morgan fingerprint density at radius 3 is 2.39 bits per heavy atom. The normalized spacial score (nSPS) is 10.6. The van der Waals surface area contributed by atoms with E-state index < -0.39 is 11.8 Å². The molecule has 186 valence electrons. The Labute approximate surface area is 220 Å². The molecule has 0 saturated carbocycles. The largest absolute Gasteiger partial charge is 0.497 e. The molecule has 3 rings (SSSR count). The van der Waals surface area contributed by atoms with Crippen LogP contribution >= 0.6 is 27.5 Å². The van der Waals surface area contributed by atoms with Crippen LogP contribution in [-0.2, 0) is 14.4 Å². The summed E-state index contributed by atoms with van der Waals surface area (Å²) in [4.78, 5) is 36.5. The summed E-state index contributed by atoms with van der Waals surface area (Å²) in [5.74, 6) is -1.28. The Kier molecular flexibility index (Phi) is 9.43. The lowest BCUT2D eigenvalue weighted by atomic mass is 10.2. The molecule has 9 nitrogen and oxygen atoms in total. The molecule has 36 heavy (non-hydrogen) atoms. The van der Waals surface area contributed by atoms with Crippen molar-refractivity contribution in [3.05, 3.63) is 81.3 Å². The average molecular weight is 574 g/mol. The molecular formula is C25H22BrClN4O5. The van der Waals surface area contributed by atoms with Gasteiger partial charge in [-0.25, -0.2) is 5.43 Å². The Hall–Kier alpha value is -3.89. The fraction of sp³-hybridized carbons (Fsp3) is 0.120. The maximum atomic E-state index is 12.3. The van der Waals surface area contributed by atoms with Crippen LogP contribution in [0, 0.1) is 6.92 Å². The molecule has 0 saturated heterocycles. The molecule has 0 unspecified atom stereocenters. The number of hydrogen-bond acceptors (Lipinski definition) is 6. The highest BCUT2D eigenvalue weighted by atomic mass is 79.9. The fourth-order valence-corrected chi connectivity index (χ4v) is 3.40. The van der Waals surface area contributed by atoms with Crippen molar-refractivity contribution in [2.24, 2.45) is 5.10 Å². The molecule has 0 heterocycles. The number of nitrogens with one attached hydrogen (secondary N) is 3. The van der Waals surface area contributed by atoms with E-state index in [0.717, 1.165) is 10.0 Å². The minimum absolute atomic E-state index is 0.273. The van der Waals surface area contributed by atoms with Crippen molar-refractivity contribution >= 4 is 62.8 Å². The summed E-state index contributed by atoms with van der Waals surface area (Å²) in [5, 5.41) is 9.53. The number of methoxy groups -OCH3 is 1. The molecule has 0 radical (unpaired) electrons. The molecule has 11 heteroatoms. The molecule has 0 aromatic heterocycles. The molecule has 0 aliphatic heterocycles. The smallest absolute Gasteiger partial charge is 0.329 e. The fourth-order valence-electron chi connectivity index (χ4n) is 2.84. The lowest BCUT2D eigenvalue weighted by Crippen LogP contribution is -2.32. The van der Waals surface area contributed by atoms with Crippen molar-refractivity contribution in [2.75, 3.05) is 24.4 Å². The standard InChI is InChI=1S/C25H22BrClN4O5/c1-15-3-5-19(12-21(15)27)29-23(32)14-36-22-10-4-17(26)11-16(22)13-28-31-25(34)24(33)30-18-6-8-20(35-2)9-7-18/h3-13H,14H2,1-2H3,(H,29,32)(H,30,33)(H,31,34)/b28-13-. The first-order chi connectivity index (χ1) is 17.2. The molecule has 0 fully saturated rings. The Balaban J connectivity index is 1.56. The second-order valence-electron chi connectivity index (χ2n) is 7.36. The zero-order valence-electron chi connectivity index (χ0n) is 19.3. The quantitative estimate of drug-likeness (QED) is 0.208. The van der Waals surface area contributed by atoms with E-state index in [2.05, 4.69) is 37.1 Å². The van der Waals surface area contributed by atoms with E-state index in [-0.39, 0.29) is 12.5 Å². The van der Waals surface area contributed by atoms with Crippen molar-refractivity contribution < 1.29 is 23.9 Å². The van der Waals surface area contributed by atoms with Crippen LogP contribution < -0.4 is 25.5 Å². The molecule has 0 aliphatic rings. The van der Waals surface area contributed by atoms with E-state index in [1.54, 1.807) is 60.7 Å². The van der Waals surface area contributed by atoms with Crippen molar-refractivity contribution in [3.63, 3.8) is 0 Å². The number of carbonyl (C=O) groups excluding carboxylic acids is 3. The summed E-state index contributed by atoms with van der Waals surface area (Å²) < 4.78 is 11.4. The molecule has 0 atom stereocenters. The van der Waals surface area contributed by atoms with Crippen LogP contribution in [0.4, 0.5) is 11.4 Å². The Morgan fingerprint density at radius 2 is 1.69 bits per heavy atom. The minimum atomic E-state index is -0.962. The Morgan fingerprint density at radius 1 is 0.972 bits per heavy atom. The summed E-state index contributed by atoms with van der Waals surface area (Å²) in [6, 6.07) is 16.7. The number of nitrogens with zero attached hydrogens (tertiary/aromatic N) is 1. The molecule has 3 aromatic rings. The van der Waals surface area contributed by atoms with E-state index in [1.165, 1.54) is 13.3 Å². The van der Waals surface area contributed by atoms with Gasteiger partial charge in [-0.15, -0.1) is 0 Å². The van der Waals surface area contributed by atoms with Crippen molar-refractivity contribution in [3.8, 4) is 11.5 Å². The summed E-state index contributed by atoms with van der Waals surface area (Å²) in [6.07, 6.45) is 1.30. The van der Waals surface area contributed by atoms with Gasteiger partial charge in [-0.05, 0) is 67.1 Å². The van der Waals surface area contributed by atoms with Gasteiger partial charge in [-0.1, -0.05) is 33.6 Å². The summed E-state index contributed by atoms with van der Waals surface area (Å²) in [7, 11) is 1.53. The van der Waals surface area contributed by atoms with Gasteiger partial charge in [0.05, 0.1) is 13.3 Å². The van der Waals surface area contributed by atoms with Crippen LogP contribution in [-0.4, -0.2) is 37.7 Å². The van der Waals surface area contributed by atoms with Gasteiger partial charge in [0.2, 0.25) is 0 Å². The molecule has 0 bridgehead atoms. The predicted octanol–water partition coefficient (Wildman–Crippen LogP) is 4.53. The van der Waals surface area contributed by atoms with Crippen LogP contribution in [0.2, 0.25) is 5.02 Å². The van der Waals surface area contributed by atoms with E-state index in [0.29, 0.717) is 33.5 Å². The van der Waals surface area contributed by atoms with E-state index in [1.807, 2.05) is 6.92 Å². The van der Waals surface area contributed by atoms with Crippen LogP contribution in [0.3, 0.4) is 0 Å². The minimum Gasteiger partial charge on any atom is -0.497 e. The number of aryl methyl sites for hydroxylation is 1. The first-order valence-corrected chi connectivity index (χ1v) is 11.7. The number of carbonyl (C=O) groups is 3.